The Morgan fingerprint density at radius 2 is 2.38 bits per heavy atom. The molecule has 0 saturated carbocycles. The first-order valence-corrected chi connectivity index (χ1v) is 2.82. The largest absolute Gasteiger partial charge is 0.396 e. The zero-order chi connectivity index (χ0) is 6.41. The third kappa shape index (κ3) is 4.05. The number of hydrogen-bond acceptors (Lipinski definition) is 3. The lowest BCUT2D eigenvalue weighted by molar-refractivity contribution is 0.275. The quantitative estimate of drug-likeness (QED) is 0.440. The van der Waals surface area contributed by atoms with Crippen molar-refractivity contribution >= 4 is 0 Å². The van der Waals surface area contributed by atoms with Crippen LogP contribution in [0.4, 0.5) is 0 Å². The first-order chi connectivity index (χ1) is 3.81. The van der Waals surface area contributed by atoms with Crippen molar-refractivity contribution in [2.24, 2.45) is 5.73 Å². The molecule has 0 aliphatic rings. The van der Waals surface area contributed by atoms with Gasteiger partial charge in [-0.05, 0) is 13.5 Å². The van der Waals surface area contributed by atoms with E-state index in [1.165, 1.54) is 0 Å². The van der Waals surface area contributed by atoms with Crippen molar-refractivity contribution in [3.63, 3.8) is 0 Å². The molecule has 0 spiro atoms. The molecule has 0 radical (unpaired) electrons. The standard InChI is InChI=1S/C5H14N2O/c1-7-4-5(6)2-3-8/h5,7-8H,2-4,6H2,1H3/t5-/m0/s1. The minimum absolute atomic E-state index is 0.102. The van der Waals surface area contributed by atoms with Crippen LogP contribution in [-0.4, -0.2) is 31.3 Å². The number of hydrogen-bond donors (Lipinski definition) is 3. The molecule has 0 heterocycles. The van der Waals surface area contributed by atoms with Gasteiger partial charge in [-0.1, -0.05) is 0 Å². The van der Waals surface area contributed by atoms with Crippen LogP contribution in [0.2, 0.25) is 0 Å². The summed E-state index contributed by atoms with van der Waals surface area (Å²) in [6.45, 7) is 0.962. The summed E-state index contributed by atoms with van der Waals surface area (Å²) in [4.78, 5) is 0. The van der Waals surface area contributed by atoms with E-state index in [2.05, 4.69) is 5.32 Å². The molecule has 0 amide bonds. The number of nitrogens with one attached hydrogen (secondary N) is 1. The van der Waals surface area contributed by atoms with Crippen molar-refractivity contribution in [1.29, 1.82) is 0 Å². The Morgan fingerprint density at radius 3 is 2.75 bits per heavy atom. The highest BCUT2D eigenvalue weighted by atomic mass is 16.3. The lowest BCUT2D eigenvalue weighted by Gasteiger charge is -2.06. The summed E-state index contributed by atoms with van der Waals surface area (Å²) >= 11 is 0. The van der Waals surface area contributed by atoms with Gasteiger partial charge >= 0.3 is 0 Å². The van der Waals surface area contributed by atoms with Crippen molar-refractivity contribution in [2.45, 2.75) is 12.5 Å². The Labute approximate surface area is 49.9 Å². The summed E-state index contributed by atoms with van der Waals surface area (Å²) in [5.74, 6) is 0. The van der Waals surface area contributed by atoms with E-state index >= 15 is 0 Å². The smallest absolute Gasteiger partial charge is 0.0446 e. The normalized spacial score (nSPS) is 13.9. The highest BCUT2D eigenvalue weighted by Gasteiger charge is 1.96. The zero-order valence-electron chi connectivity index (χ0n) is 5.22. The molecule has 0 fully saturated rings. The van der Waals surface area contributed by atoms with Crippen molar-refractivity contribution < 1.29 is 5.11 Å². The SMILES string of the molecule is CNC[C@@H](N)CCO. The molecular formula is C5H14N2O. The molecule has 0 unspecified atom stereocenters. The van der Waals surface area contributed by atoms with Crippen LogP contribution in [-0.2, 0) is 0 Å². The molecule has 0 rings (SSSR count). The van der Waals surface area contributed by atoms with Gasteiger partial charge in [-0.25, -0.2) is 0 Å². The van der Waals surface area contributed by atoms with Crippen molar-refractivity contribution in [2.75, 3.05) is 20.2 Å². The molecule has 50 valence electrons. The minimum Gasteiger partial charge on any atom is -0.396 e. The maximum Gasteiger partial charge on any atom is 0.0446 e. The zero-order valence-corrected chi connectivity index (χ0v) is 5.22. The van der Waals surface area contributed by atoms with Crippen LogP contribution in [0.5, 0.6) is 0 Å². The summed E-state index contributed by atoms with van der Waals surface area (Å²) in [6, 6.07) is 0.102. The van der Waals surface area contributed by atoms with Crippen LogP contribution in [0.3, 0.4) is 0 Å². The fourth-order valence-corrected chi connectivity index (χ4v) is 0.530. The van der Waals surface area contributed by atoms with E-state index in [1.54, 1.807) is 0 Å². The van der Waals surface area contributed by atoms with Gasteiger partial charge in [0.1, 0.15) is 0 Å². The summed E-state index contributed by atoms with van der Waals surface area (Å²) < 4.78 is 0. The number of aliphatic hydroxyl groups excluding tert-OH is 1. The Morgan fingerprint density at radius 1 is 1.75 bits per heavy atom. The van der Waals surface area contributed by atoms with E-state index in [4.69, 9.17) is 10.8 Å². The van der Waals surface area contributed by atoms with Crippen LogP contribution < -0.4 is 11.1 Å². The number of nitrogens with two attached hydrogens (primary N) is 1. The molecule has 0 aromatic heterocycles. The molecule has 0 aromatic rings. The van der Waals surface area contributed by atoms with Crippen molar-refractivity contribution in [3.8, 4) is 0 Å². The van der Waals surface area contributed by atoms with E-state index < -0.39 is 0 Å². The van der Waals surface area contributed by atoms with Gasteiger partial charge in [0, 0.05) is 19.2 Å². The molecule has 8 heavy (non-hydrogen) atoms. The van der Waals surface area contributed by atoms with Crippen molar-refractivity contribution in [3.05, 3.63) is 0 Å². The van der Waals surface area contributed by atoms with Gasteiger partial charge in [-0.2, -0.15) is 0 Å². The summed E-state index contributed by atoms with van der Waals surface area (Å²) in [5.41, 5.74) is 5.47. The molecular weight excluding hydrogens is 104 g/mol. The predicted octanol–water partition coefficient (Wildman–Crippen LogP) is -1.08. The molecule has 1 atom stereocenters. The lowest BCUT2D eigenvalue weighted by atomic mass is 10.2. The first-order valence-electron chi connectivity index (χ1n) is 2.82. The molecule has 0 aliphatic carbocycles. The number of aliphatic hydroxyl groups is 1. The molecule has 0 aromatic carbocycles. The Hall–Kier alpha value is -0.120. The second-order valence-corrected chi connectivity index (χ2v) is 1.83. The van der Waals surface area contributed by atoms with E-state index in [0.717, 1.165) is 6.54 Å². The minimum atomic E-state index is 0.102. The Balaban J connectivity index is 2.92. The summed E-state index contributed by atoms with van der Waals surface area (Å²) in [6.07, 6.45) is 0.681. The highest BCUT2D eigenvalue weighted by molar-refractivity contribution is 4.60. The predicted molar refractivity (Wildman–Crippen MR) is 33.6 cm³/mol. The average Bonchev–Trinajstić information content (AvgIpc) is 1.68. The average molecular weight is 118 g/mol. The molecule has 3 nitrogen and oxygen atoms in total. The molecule has 0 aliphatic heterocycles. The fourth-order valence-electron chi connectivity index (χ4n) is 0.530. The third-order valence-corrected chi connectivity index (χ3v) is 0.966. The summed E-state index contributed by atoms with van der Waals surface area (Å²) in [7, 11) is 1.84. The number of rotatable bonds is 4. The van der Waals surface area contributed by atoms with Gasteiger partial charge < -0.3 is 16.2 Å². The maximum atomic E-state index is 8.36. The molecule has 4 N–H and O–H groups in total. The highest BCUT2D eigenvalue weighted by Crippen LogP contribution is 1.81. The number of likely N-dealkylation sites (N-methyl/N-ethyl adjacent to an activating group) is 1. The van der Waals surface area contributed by atoms with Gasteiger partial charge in [0.2, 0.25) is 0 Å². The van der Waals surface area contributed by atoms with Gasteiger partial charge in [-0.3, -0.25) is 0 Å². The monoisotopic (exact) mass is 118 g/mol. The van der Waals surface area contributed by atoms with Crippen molar-refractivity contribution in [1.82, 2.24) is 5.32 Å². The second kappa shape index (κ2) is 5.03. The molecule has 0 saturated heterocycles. The molecule has 3 heteroatoms. The van der Waals surface area contributed by atoms with Gasteiger partial charge in [0.25, 0.3) is 0 Å². The topological polar surface area (TPSA) is 58.3 Å². The van der Waals surface area contributed by atoms with Crippen LogP contribution in [0.15, 0.2) is 0 Å². The van der Waals surface area contributed by atoms with Gasteiger partial charge in [-0.15, -0.1) is 0 Å². The molecule has 0 bridgehead atoms. The van der Waals surface area contributed by atoms with Crippen LogP contribution in [0.25, 0.3) is 0 Å². The Kier molecular flexibility index (Phi) is 4.95. The van der Waals surface area contributed by atoms with Crippen LogP contribution in [0, 0.1) is 0 Å². The van der Waals surface area contributed by atoms with Crippen LogP contribution >= 0.6 is 0 Å². The van der Waals surface area contributed by atoms with E-state index in [9.17, 15) is 0 Å². The van der Waals surface area contributed by atoms with Gasteiger partial charge in [0.05, 0.1) is 0 Å². The Bertz CT molecular complexity index is 43.7. The lowest BCUT2D eigenvalue weighted by Crippen LogP contribution is -2.32. The first kappa shape index (κ1) is 7.88. The maximum absolute atomic E-state index is 8.36. The summed E-state index contributed by atoms with van der Waals surface area (Å²) in [5, 5.41) is 11.3. The van der Waals surface area contributed by atoms with E-state index in [-0.39, 0.29) is 12.6 Å². The van der Waals surface area contributed by atoms with Gasteiger partial charge in [0.15, 0.2) is 0 Å². The fraction of sp³-hybridized carbons (Fsp3) is 1.00. The van der Waals surface area contributed by atoms with Crippen LogP contribution in [0.1, 0.15) is 6.42 Å². The van der Waals surface area contributed by atoms with E-state index in [0.29, 0.717) is 6.42 Å². The second-order valence-electron chi connectivity index (χ2n) is 1.83. The van der Waals surface area contributed by atoms with E-state index in [1.807, 2.05) is 7.05 Å². The third-order valence-electron chi connectivity index (χ3n) is 0.966.